The molecule has 0 saturated heterocycles. The standard InChI is InChI=1S/C16H23N3O2/c1-11-9-12(2)19(18-11)8-4-7-17-13(3)15-6-5-14(20)10-16(15)21/h5-6,9-10,13,17,20-21H,4,7-8H2,1-3H3. The van der Waals surface area contributed by atoms with E-state index >= 15 is 0 Å². The largest absolute Gasteiger partial charge is 0.508 e. The van der Waals surface area contributed by atoms with Crippen LogP contribution in [-0.2, 0) is 6.54 Å². The Balaban J connectivity index is 1.81. The van der Waals surface area contributed by atoms with Crippen molar-refractivity contribution in [1.29, 1.82) is 0 Å². The van der Waals surface area contributed by atoms with Crippen molar-refractivity contribution in [3.8, 4) is 11.5 Å². The maximum absolute atomic E-state index is 9.82. The number of nitrogens with zero attached hydrogens (tertiary/aromatic N) is 2. The number of hydrogen-bond acceptors (Lipinski definition) is 4. The molecule has 0 aliphatic carbocycles. The topological polar surface area (TPSA) is 70.3 Å². The Morgan fingerprint density at radius 2 is 2.00 bits per heavy atom. The van der Waals surface area contributed by atoms with Crippen molar-refractivity contribution >= 4 is 0 Å². The van der Waals surface area contributed by atoms with Crippen molar-refractivity contribution in [3.63, 3.8) is 0 Å². The molecule has 2 aromatic rings. The number of phenols is 2. The Bertz CT molecular complexity index is 608. The van der Waals surface area contributed by atoms with Crippen LogP contribution in [-0.4, -0.2) is 26.5 Å². The lowest BCUT2D eigenvalue weighted by atomic mass is 10.1. The summed E-state index contributed by atoms with van der Waals surface area (Å²) in [5, 5.41) is 26.9. The first-order valence-corrected chi connectivity index (χ1v) is 7.23. The Hall–Kier alpha value is -2.01. The highest BCUT2D eigenvalue weighted by atomic mass is 16.3. The van der Waals surface area contributed by atoms with E-state index in [2.05, 4.69) is 23.4 Å². The molecule has 0 fully saturated rings. The van der Waals surface area contributed by atoms with E-state index in [0.29, 0.717) is 0 Å². The van der Waals surface area contributed by atoms with Crippen LogP contribution in [0.3, 0.4) is 0 Å². The van der Waals surface area contributed by atoms with E-state index in [0.717, 1.165) is 30.8 Å². The summed E-state index contributed by atoms with van der Waals surface area (Å²) >= 11 is 0. The zero-order valence-electron chi connectivity index (χ0n) is 12.8. The van der Waals surface area contributed by atoms with E-state index in [1.807, 2.05) is 18.5 Å². The molecule has 0 amide bonds. The van der Waals surface area contributed by atoms with Crippen LogP contribution in [0.5, 0.6) is 11.5 Å². The van der Waals surface area contributed by atoms with Crippen LogP contribution in [0.2, 0.25) is 0 Å². The molecule has 0 aliphatic rings. The molecule has 1 heterocycles. The molecule has 5 heteroatoms. The smallest absolute Gasteiger partial charge is 0.124 e. The van der Waals surface area contributed by atoms with Gasteiger partial charge in [0.25, 0.3) is 0 Å². The van der Waals surface area contributed by atoms with Crippen LogP contribution >= 0.6 is 0 Å². The van der Waals surface area contributed by atoms with Crippen molar-refractivity contribution in [1.82, 2.24) is 15.1 Å². The molecule has 2 rings (SSSR count). The monoisotopic (exact) mass is 289 g/mol. The van der Waals surface area contributed by atoms with Crippen LogP contribution < -0.4 is 5.32 Å². The van der Waals surface area contributed by atoms with E-state index < -0.39 is 0 Å². The predicted molar refractivity (Wildman–Crippen MR) is 82.5 cm³/mol. The second kappa shape index (κ2) is 6.63. The number of aromatic nitrogens is 2. The van der Waals surface area contributed by atoms with Crippen molar-refractivity contribution in [2.24, 2.45) is 0 Å². The Morgan fingerprint density at radius 1 is 1.24 bits per heavy atom. The van der Waals surface area contributed by atoms with E-state index in [4.69, 9.17) is 0 Å². The summed E-state index contributed by atoms with van der Waals surface area (Å²) in [6.07, 6.45) is 0.963. The molecule has 0 aliphatic heterocycles. The minimum Gasteiger partial charge on any atom is -0.508 e. The van der Waals surface area contributed by atoms with Gasteiger partial charge in [-0.05, 0) is 45.9 Å². The van der Waals surface area contributed by atoms with Gasteiger partial charge in [-0.1, -0.05) is 6.07 Å². The second-order valence-corrected chi connectivity index (χ2v) is 5.42. The van der Waals surface area contributed by atoms with Gasteiger partial charge in [0.1, 0.15) is 11.5 Å². The van der Waals surface area contributed by atoms with Gasteiger partial charge >= 0.3 is 0 Å². The molecule has 0 radical (unpaired) electrons. The number of phenolic OH excluding ortho intramolecular Hbond substituents is 2. The van der Waals surface area contributed by atoms with E-state index in [1.54, 1.807) is 12.1 Å². The van der Waals surface area contributed by atoms with Gasteiger partial charge in [0.2, 0.25) is 0 Å². The van der Waals surface area contributed by atoms with E-state index in [1.165, 1.54) is 11.8 Å². The lowest BCUT2D eigenvalue weighted by Gasteiger charge is -2.16. The first-order valence-electron chi connectivity index (χ1n) is 7.23. The third-order valence-corrected chi connectivity index (χ3v) is 3.58. The number of aromatic hydroxyl groups is 2. The number of rotatable bonds is 6. The molecular weight excluding hydrogens is 266 g/mol. The molecule has 0 bridgehead atoms. The van der Waals surface area contributed by atoms with Gasteiger partial charge in [0, 0.05) is 29.9 Å². The van der Waals surface area contributed by atoms with Crippen molar-refractivity contribution in [3.05, 3.63) is 41.2 Å². The van der Waals surface area contributed by atoms with Gasteiger partial charge in [-0.2, -0.15) is 5.10 Å². The first kappa shape index (κ1) is 15.4. The number of nitrogens with one attached hydrogen (secondary N) is 1. The number of benzene rings is 1. The van der Waals surface area contributed by atoms with Gasteiger partial charge in [-0.25, -0.2) is 0 Å². The first-order chi connectivity index (χ1) is 9.97. The minimum atomic E-state index is 0.0334. The van der Waals surface area contributed by atoms with Gasteiger partial charge in [-0.3, -0.25) is 4.68 Å². The Kier molecular flexibility index (Phi) is 4.85. The van der Waals surface area contributed by atoms with Gasteiger partial charge in [-0.15, -0.1) is 0 Å². The van der Waals surface area contributed by atoms with Crippen LogP contribution in [0.1, 0.15) is 36.3 Å². The molecule has 21 heavy (non-hydrogen) atoms. The maximum atomic E-state index is 9.82. The van der Waals surface area contributed by atoms with Gasteiger partial charge < -0.3 is 15.5 Å². The Labute approximate surface area is 125 Å². The average Bonchev–Trinajstić information content (AvgIpc) is 2.73. The third kappa shape index (κ3) is 3.98. The van der Waals surface area contributed by atoms with Crippen LogP contribution in [0.4, 0.5) is 0 Å². The van der Waals surface area contributed by atoms with Crippen LogP contribution in [0, 0.1) is 13.8 Å². The fourth-order valence-corrected chi connectivity index (χ4v) is 2.46. The molecule has 0 spiro atoms. The fourth-order valence-electron chi connectivity index (χ4n) is 2.46. The van der Waals surface area contributed by atoms with E-state index in [-0.39, 0.29) is 17.5 Å². The number of aryl methyl sites for hydroxylation is 3. The summed E-state index contributed by atoms with van der Waals surface area (Å²) in [7, 11) is 0. The lowest BCUT2D eigenvalue weighted by Crippen LogP contribution is -2.21. The maximum Gasteiger partial charge on any atom is 0.124 e. The summed E-state index contributed by atoms with van der Waals surface area (Å²) in [4.78, 5) is 0. The summed E-state index contributed by atoms with van der Waals surface area (Å²) in [6.45, 7) is 7.76. The molecular formula is C16H23N3O2. The van der Waals surface area contributed by atoms with Crippen molar-refractivity contribution in [2.45, 2.75) is 39.8 Å². The summed E-state index contributed by atoms with van der Waals surface area (Å²) in [5.41, 5.74) is 3.01. The predicted octanol–water partition coefficient (Wildman–Crippen LogP) is 2.65. The molecule has 1 aromatic carbocycles. The van der Waals surface area contributed by atoms with Gasteiger partial charge in [0.05, 0.1) is 5.69 Å². The van der Waals surface area contributed by atoms with Crippen LogP contribution in [0.15, 0.2) is 24.3 Å². The fraction of sp³-hybridized carbons (Fsp3) is 0.438. The normalized spacial score (nSPS) is 12.5. The molecule has 5 nitrogen and oxygen atoms in total. The highest BCUT2D eigenvalue weighted by Crippen LogP contribution is 2.27. The zero-order chi connectivity index (χ0) is 15.4. The summed E-state index contributed by atoms with van der Waals surface area (Å²) < 4.78 is 2.01. The quantitative estimate of drug-likeness (QED) is 0.715. The molecule has 1 atom stereocenters. The molecule has 1 aromatic heterocycles. The lowest BCUT2D eigenvalue weighted by molar-refractivity contribution is 0.433. The van der Waals surface area contributed by atoms with E-state index in [9.17, 15) is 10.2 Å². The number of hydrogen-bond donors (Lipinski definition) is 3. The SMILES string of the molecule is Cc1cc(C)n(CCCNC(C)c2ccc(O)cc2O)n1. The second-order valence-electron chi connectivity index (χ2n) is 5.42. The average molecular weight is 289 g/mol. The van der Waals surface area contributed by atoms with Crippen molar-refractivity contribution in [2.75, 3.05) is 6.54 Å². The van der Waals surface area contributed by atoms with Crippen molar-refractivity contribution < 1.29 is 10.2 Å². The minimum absolute atomic E-state index is 0.0334. The highest BCUT2D eigenvalue weighted by Gasteiger charge is 2.10. The molecule has 114 valence electrons. The van der Waals surface area contributed by atoms with Crippen LogP contribution in [0.25, 0.3) is 0 Å². The third-order valence-electron chi connectivity index (χ3n) is 3.58. The molecule has 0 saturated carbocycles. The molecule has 3 N–H and O–H groups in total. The highest BCUT2D eigenvalue weighted by molar-refractivity contribution is 5.40. The summed E-state index contributed by atoms with van der Waals surface area (Å²) in [5.74, 6) is 0.196. The molecule has 1 unspecified atom stereocenters. The zero-order valence-corrected chi connectivity index (χ0v) is 12.8. The Morgan fingerprint density at radius 3 is 2.62 bits per heavy atom. The van der Waals surface area contributed by atoms with Gasteiger partial charge in [0.15, 0.2) is 0 Å². The summed E-state index contributed by atoms with van der Waals surface area (Å²) in [6, 6.07) is 6.80.